The van der Waals surface area contributed by atoms with E-state index in [0.717, 1.165) is 5.56 Å². The maximum Gasteiger partial charge on any atom is 0.128 e. The molecule has 17 heavy (non-hydrogen) atoms. The average molecular weight is 231 g/mol. The van der Waals surface area contributed by atoms with Crippen molar-refractivity contribution in [3.63, 3.8) is 0 Å². The quantitative estimate of drug-likeness (QED) is 0.833. The topological polar surface area (TPSA) is 46.2 Å². The fourth-order valence-corrected chi connectivity index (χ4v) is 1.78. The van der Waals surface area contributed by atoms with Crippen LogP contribution in [0.5, 0.6) is 5.75 Å². The molecule has 0 aliphatic rings. The third kappa shape index (κ3) is 2.29. The van der Waals surface area contributed by atoms with E-state index in [1.807, 2.05) is 6.07 Å². The molecule has 3 heteroatoms. The summed E-state index contributed by atoms with van der Waals surface area (Å²) in [4.78, 5) is 0. The molecule has 1 atom stereocenters. The Balaban J connectivity index is 2.54. The van der Waals surface area contributed by atoms with Crippen LogP contribution in [0.3, 0.4) is 0 Å². The van der Waals surface area contributed by atoms with E-state index in [0.29, 0.717) is 11.1 Å². The molecule has 88 valence electrons. The molecule has 0 amide bonds. The van der Waals surface area contributed by atoms with Crippen molar-refractivity contribution in [2.45, 2.75) is 13.0 Å². The molecule has 2 rings (SSSR count). The Hall–Kier alpha value is -1.87. The maximum atomic E-state index is 13.5. The van der Waals surface area contributed by atoms with E-state index in [1.54, 1.807) is 37.3 Å². The zero-order chi connectivity index (χ0) is 12.4. The summed E-state index contributed by atoms with van der Waals surface area (Å²) < 4.78 is 13.5. The molecule has 2 aromatic carbocycles. The van der Waals surface area contributed by atoms with Crippen LogP contribution in [0.4, 0.5) is 4.39 Å². The molecule has 0 saturated carbocycles. The van der Waals surface area contributed by atoms with Crippen LogP contribution in [0.25, 0.3) is 11.1 Å². The first-order valence-electron chi connectivity index (χ1n) is 5.43. The van der Waals surface area contributed by atoms with Gasteiger partial charge in [-0.25, -0.2) is 4.39 Å². The monoisotopic (exact) mass is 231 g/mol. The van der Waals surface area contributed by atoms with Gasteiger partial charge in [0.25, 0.3) is 0 Å². The number of halogens is 1. The predicted molar refractivity (Wildman–Crippen MR) is 66.1 cm³/mol. The molecule has 0 aliphatic heterocycles. The van der Waals surface area contributed by atoms with Crippen LogP contribution in [0.15, 0.2) is 42.5 Å². The molecule has 0 bridgehead atoms. The van der Waals surface area contributed by atoms with Gasteiger partial charge in [-0.3, -0.25) is 0 Å². The van der Waals surface area contributed by atoms with Gasteiger partial charge in [0.05, 0.1) is 0 Å². The van der Waals surface area contributed by atoms with Crippen LogP contribution in [0.1, 0.15) is 18.5 Å². The highest BCUT2D eigenvalue weighted by molar-refractivity contribution is 5.70. The zero-order valence-corrected chi connectivity index (χ0v) is 9.52. The first-order chi connectivity index (χ1) is 8.09. The highest BCUT2D eigenvalue weighted by atomic mass is 19.1. The number of nitrogens with two attached hydrogens (primary N) is 1. The second-order valence-corrected chi connectivity index (χ2v) is 4.04. The highest BCUT2D eigenvalue weighted by Crippen LogP contribution is 2.30. The van der Waals surface area contributed by atoms with E-state index < -0.39 is 0 Å². The highest BCUT2D eigenvalue weighted by Gasteiger charge is 2.10. The van der Waals surface area contributed by atoms with Crippen molar-refractivity contribution in [3.05, 3.63) is 53.8 Å². The Morgan fingerprint density at radius 2 is 1.88 bits per heavy atom. The lowest BCUT2D eigenvalue weighted by Crippen LogP contribution is -2.07. The Morgan fingerprint density at radius 1 is 1.18 bits per heavy atom. The van der Waals surface area contributed by atoms with E-state index in [1.165, 1.54) is 6.07 Å². The van der Waals surface area contributed by atoms with Crippen molar-refractivity contribution in [1.82, 2.24) is 0 Å². The van der Waals surface area contributed by atoms with E-state index in [9.17, 15) is 9.50 Å². The van der Waals surface area contributed by atoms with Crippen LogP contribution in [0, 0.1) is 5.82 Å². The van der Waals surface area contributed by atoms with Crippen molar-refractivity contribution >= 4 is 0 Å². The summed E-state index contributed by atoms with van der Waals surface area (Å²) >= 11 is 0. The SMILES string of the molecule is CC(N)c1cc(-c2ccccc2O)ccc1F. The summed E-state index contributed by atoms with van der Waals surface area (Å²) in [5, 5.41) is 9.74. The number of hydrogen-bond acceptors (Lipinski definition) is 2. The summed E-state index contributed by atoms with van der Waals surface area (Å²) in [6.07, 6.45) is 0. The van der Waals surface area contributed by atoms with Gasteiger partial charge in [0, 0.05) is 17.2 Å². The standard InChI is InChI=1S/C14H14FNO/c1-9(16)12-8-10(6-7-13(12)15)11-4-2-3-5-14(11)17/h2-9,17H,16H2,1H3. The second kappa shape index (κ2) is 4.55. The molecule has 2 nitrogen and oxygen atoms in total. The van der Waals surface area contributed by atoms with Crippen LogP contribution >= 0.6 is 0 Å². The lowest BCUT2D eigenvalue weighted by Gasteiger charge is -2.10. The Bertz CT molecular complexity index is 537. The fourth-order valence-electron chi connectivity index (χ4n) is 1.78. The molecule has 0 aliphatic carbocycles. The van der Waals surface area contributed by atoms with Crippen molar-refractivity contribution in [3.8, 4) is 16.9 Å². The minimum Gasteiger partial charge on any atom is -0.507 e. The molecule has 0 fully saturated rings. The van der Waals surface area contributed by atoms with Crippen LogP contribution in [-0.2, 0) is 0 Å². The van der Waals surface area contributed by atoms with Gasteiger partial charge in [-0.2, -0.15) is 0 Å². The van der Waals surface area contributed by atoms with Gasteiger partial charge in [-0.05, 0) is 30.7 Å². The molecule has 0 radical (unpaired) electrons. The van der Waals surface area contributed by atoms with Crippen molar-refractivity contribution in [1.29, 1.82) is 0 Å². The summed E-state index contributed by atoms with van der Waals surface area (Å²) in [5.41, 5.74) is 7.58. The average Bonchev–Trinajstić information content (AvgIpc) is 2.30. The molecule has 3 N–H and O–H groups in total. The number of phenols is 1. The normalized spacial score (nSPS) is 12.4. The van der Waals surface area contributed by atoms with Gasteiger partial charge >= 0.3 is 0 Å². The molecule has 1 unspecified atom stereocenters. The van der Waals surface area contributed by atoms with Crippen LogP contribution in [-0.4, -0.2) is 5.11 Å². The van der Waals surface area contributed by atoms with E-state index in [4.69, 9.17) is 5.73 Å². The van der Waals surface area contributed by atoms with Crippen LogP contribution in [0.2, 0.25) is 0 Å². The third-order valence-electron chi connectivity index (χ3n) is 2.70. The summed E-state index contributed by atoms with van der Waals surface area (Å²) in [5.74, 6) is -0.145. The number of aromatic hydroxyl groups is 1. The largest absolute Gasteiger partial charge is 0.507 e. The fraction of sp³-hybridized carbons (Fsp3) is 0.143. The zero-order valence-electron chi connectivity index (χ0n) is 9.52. The minimum absolute atomic E-state index is 0.176. The smallest absolute Gasteiger partial charge is 0.128 e. The molecule has 0 spiro atoms. The van der Waals surface area contributed by atoms with Crippen LogP contribution < -0.4 is 5.73 Å². The van der Waals surface area contributed by atoms with Crippen molar-refractivity contribution in [2.24, 2.45) is 5.73 Å². The van der Waals surface area contributed by atoms with Crippen molar-refractivity contribution in [2.75, 3.05) is 0 Å². The van der Waals surface area contributed by atoms with E-state index in [2.05, 4.69) is 0 Å². The van der Waals surface area contributed by atoms with Gasteiger partial charge in [-0.15, -0.1) is 0 Å². The number of benzene rings is 2. The maximum absolute atomic E-state index is 13.5. The molecule has 0 saturated heterocycles. The van der Waals surface area contributed by atoms with Gasteiger partial charge in [0.1, 0.15) is 11.6 Å². The van der Waals surface area contributed by atoms with Gasteiger partial charge < -0.3 is 10.8 Å². The number of hydrogen-bond donors (Lipinski definition) is 2. The Labute approximate surface area is 99.5 Å². The molecule has 0 aromatic heterocycles. The van der Waals surface area contributed by atoms with E-state index in [-0.39, 0.29) is 17.6 Å². The van der Waals surface area contributed by atoms with Gasteiger partial charge in [-0.1, -0.05) is 24.3 Å². The summed E-state index contributed by atoms with van der Waals surface area (Å²) in [6, 6.07) is 11.3. The lowest BCUT2D eigenvalue weighted by atomic mass is 9.99. The van der Waals surface area contributed by atoms with Crippen molar-refractivity contribution < 1.29 is 9.50 Å². The predicted octanol–water partition coefficient (Wildman–Crippen LogP) is 3.22. The first kappa shape index (κ1) is 11.6. The number of rotatable bonds is 2. The first-order valence-corrected chi connectivity index (χ1v) is 5.43. The minimum atomic E-state index is -0.374. The number of phenolic OH excluding ortho intramolecular Hbond substituents is 1. The summed E-state index contributed by atoms with van der Waals surface area (Å²) in [6.45, 7) is 1.73. The molecular weight excluding hydrogens is 217 g/mol. The molecule has 2 aromatic rings. The Morgan fingerprint density at radius 3 is 2.53 bits per heavy atom. The number of para-hydroxylation sites is 1. The third-order valence-corrected chi connectivity index (χ3v) is 2.70. The van der Waals surface area contributed by atoms with Gasteiger partial charge in [0.15, 0.2) is 0 Å². The Kier molecular flexibility index (Phi) is 3.11. The summed E-state index contributed by atoms with van der Waals surface area (Å²) in [7, 11) is 0. The van der Waals surface area contributed by atoms with E-state index >= 15 is 0 Å². The second-order valence-electron chi connectivity index (χ2n) is 4.04. The molecule has 0 heterocycles. The molecular formula is C14H14FNO. The lowest BCUT2D eigenvalue weighted by molar-refractivity contribution is 0.477. The van der Waals surface area contributed by atoms with Gasteiger partial charge in [0.2, 0.25) is 0 Å².